The molecule has 0 heterocycles. The van der Waals surface area contributed by atoms with Crippen LogP contribution in [0.2, 0.25) is 0 Å². The lowest BCUT2D eigenvalue weighted by Gasteiger charge is -2.19. The number of nitrogens with zero attached hydrogens (tertiary/aromatic N) is 1. The quantitative estimate of drug-likeness (QED) is 0.518. The van der Waals surface area contributed by atoms with Gasteiger partial charge in [-0.1, -0.05) is 57.2 Å². The number of rotatable bonds is 6. The number of hydrogen-bond donors (Lipinski definition) is 3. The molecule has 6 heteroatoms. The first-order valence-corrected chi connectivity index (χ1v) is 9.53. The van der Waals surface area contributed by atoms with Crippen molar-refractivity contribution in [1.82, 2.24) is 10.6 Å². The molecule has 0 aliphatic rings. The van der Waals surface area contributed by atoms with Crippen LogP contribution in [0.3, 0.4) is 0 Å². The van der Waals surface area contributed by atoms with E-state index < -0.39 is 17.9 Å². The van der Waals surface area contributed by atoms with Crippen LogP contribution in [0, 0.1) is 0 Å². The van der Waals surface area contributed by atoms with Crippen LogP contribution in [0.4, 0.5) is 0 Å². The minimum Gasteiger partial charge on any atom is -0.480 e. The van der Waals surface area contributed by atoms with Crippen molar-refractivity contribution in [3.05, 3.63) is 70.8 Å². The Labute approximate surface area is 172 Å². The fourth-order valence-corrected chi connectivity index (χ4v) is 2.98. The second-order valence-electron chi connectivity index (χ2n) is 7.91. The molecule has 0 bridgehead atoms. The largest absolute Gasteiger partial charge is 0.480 e. The number of amides is 1. The standard InChI is InChI=1S/C23H29N3O3/c1-23(2,3)18-12-10-17(11-13-18)21(27)26-19(22(28)29)14-15-6-8-16(9-7-15)20(24-4)25-5/h6-13,19H,14H2,1-5H3,(H,24,25)(H,26,27)(H,28,29). The van der Waals surface area contributed by atoms with Crippen molar-refractivity contribution in [1.29, 1.82) is 0 Å². The highest BCUT2D eigenvalue weighted by Crippen LogP contribution is 2.22. The first kappa shape index (κ1) is 22.1. The first-order valence-electron chi connectivity index (χ1n) is 9.53. The number of aliphatic imine (C=N–C) groups is 1. The molecule has 6 nitrogen and oxygen atoms in total. The van der Waals surface area contributed by atoms with Gasteiger partial charge in [0.05, 0.1) is 0 Å². The molecule has 0 fully saturated rings. The van der Waals surface area contributed by atoms with Gasteiger partial charge in [0, 0.05) is 31.6 Å². The third-order valence-electron chi connectivity index (χ3n) is 4.74. The van der Waals surface area contributed by atoms with Gasteiger partial charge < -0.3 is 15.7 Å². The molecule has 2 aromatic rings. The summed E-state index contributed by atoms with van der Waals surface area (Å²) in [4.78, 5) is 28.4. The minimum absolute atomic E-state index is 0.0135. The van der Waals surface area contributed by atoms with E-state index in [4.69, 9.17) is 0 Å². The van der Waals surface area contributed by atoms with E-state index in [1.165, 1.54) is 0 Å². The number of carbonyl (C=O) groups is 2. The summed E-state index contributed by atoms with van der Waals surface area (Å²) in [6, 6.07) is 13.7. The molecule has 1 atom stereocenters. The zero-order chi connectivity index (χ0) is 21.6. The second-order valence-corrected chi connectivity index (χ2v) is 7.91. The van der Waals surface area contributed by atoms with Crippen molar-refractivity contribution in [2.45, 2.75) is 38.6 Å². The Hall–Kier alpha value is -3.15. The number of carbonyl (C=O) groups excluding carboxylic acids is 1. The summed E-state index contributed by atoms with van der Waals surface area (Å²) in [5, 5.41) is 15.2. The molecule has 0 saturated heterocycles. The number of nitrogens with one attached hydrogen (secondary N) is 2. The summed E-state index contributed by atoms with van der Waals surface area (Å²) in [7, 11) is 3.49. The zero-order valence-corrected chi connectivity index (χ0v) is 17.6. The Bertz CT molecular complexity index is 879. The van der Waals surface area contributed by atoms with Gasteiger partial charge in [-0.3, -0.25) is 9.79 Å². The van der Waals surface area contributed by atoms with E-state index in [2.05, 4.69) is 36.4 Å². The fourth-order valence-electron chi connectivity index (χ4n) is 2.98. The number of carboxylic acid groups (broad SMARTS) is 1. The molecule has 0 aliphatic heterocycles. The third kappa shape index (κ3) is 5.91. The molecule has 154 valence electrons. The predicted molar refractivity (Wildman–Crippen MR) is 116 cm³/mol. The van der Waals surface area contributed by atoms with Crippen LogP contribution in [-0.4, -0.2) is 43.0 Å². The number of hydrogen-bond acceptors (Lipinski definition) is 3. The van der Waals surface area contributed by atoms with E-state index in [0.29, 0.717) is 5.56 Å². The maximum atomic E-state index is 12.5. The second kappa shape index (κ2) is 9.37. The highest BCUT2D eigenvalue weighted by molar-refractivity contribution is 5.98. The monoisotopic (exact) mass is 395 g/mol. The van der Waals surface area contributed by atoms with E-state index in [1.807, 2.05) is 36.4 Å². The normalized spacial score (nSPS) is 12.9. The molecule has 0 saturated carbocycles. The maximum absolute atomic E-state index is 12.5. The lowest BCUT2D eigenvalue weighted by molar-refractivity contribution is -0.139. The number of benzene rings is 2. The molecule has 2 aromatic carbocycles. The van der Waals surface area contributed by atoms with Gasteiger partial charge >= 0.3 is 5.97 Å². The van der Waals surface area contributed by atoms with Crippen LogP contribution >= 0.6 is 0 Å². The van der Waals surface area contributed by atoms with E-state index >= 15 is 0 Å². The molecule has 0 aromatic heterocycles. The molecule has 2 rings (SSSR count). The van der Waals surface area contributed by atoms with Gasteiger partial charge in [-0.05, 0) is 28.7 Å². The zero-order valence-electron chi connectivity index (χ0n) is 17.6. The van der Waals surface area contributed by atoms with Crippen molar-refractivity contribution >= 4 is 17.7 Å². The lowest BCUT2D eigenvalue weighted by atomic mass is 9.86. The van der Waals surface area contributed by atoms with E-state index in [1.54, 1.807) is 26.2 Å². The van der Waals surface area contributed by atoms with Gasteiger partial charge in [-0.2, -0.15) is 0 Å². The van der Waals surface area contributed by atoms with Gasteiger partial charge in [-0.15, -0.1) is 0 Å². The Morgan fingerprint density at radius 2 is 1.55 bits per heavy atom. The van der Waals surface area contributed by atoms with E-state index in [-0.39, 0.29) is 11.8 Å². The van der Waals surface area contributed by atoms with Crippen LogP contribution in [0.15, 0.2) is 53.5 Å². The SMILES string of the molecule is CN=C(NC)c1ccc(CC(NC(=O)c2ccc(C(C)(C)C)cc2)C(=O)O)cc1. The van der Waals surface area contributed by atoms with Crippen LogP contribution < -0.4 is 10.6 Å². The number of aliphatic carboxylic acids is 1. The number of amidine groups is 1. The van der Waals surface area contributed by atoms with Gasteiger partial charge in [0.1, 0.15) is 11.9 Å². The topological polar surface area (TPSA) is 90.8 Å². The average molecular weight is 396 g/mol. The Morgan fingerprint density at radius 1 is 1.00 bits per heavy atom. The molecule has 3 N–H and O–H groups in total. The van der Waals surface area contributed by atoms with Crippen molar-refractivity contribution in [3.63, 3.8) is 0 Å². The molecular formula is C23H29N3O3. The van der Waals surface area contributed by atoms with Crippen LogP contribution in [0.25, 0.3) is 0 Å². The molecule has 1 unspecified atom stereocenters. The highest BCUT2D eigenvalue weighted by Gasteiger charge is 2.22. The van der Waals surface area contributed by atoms with Crippen LogP contribution in [0.1, 0.15) is 47.8 Å². The van der Waals surface area contributed by atoms with E-state index in [0.717, 1.165) is 22.5 Å². The van der Waals surface area contributed by atoms with Crippen molar-refractivity contribution < 1.29 is 14.7 Å². The van der Waals surface area contributed by atoms with Gasteiger partial charge in [0.2, 0.25) is 0 Å². The summed E-state index contributed by atoms with van der Waals surface area (Å²) in [5.74, 6) is -0.719. The average Bonchev–Trinajstić information content (AvgIpc) is 2.69. The molecular weight excluding hydrogens is 366 g/mol. The van der Waals surface area contributed by atoms with Crippen LogP contribution in [0.5, 0.6) is 0 Å². The smallest absolute Gasteiger partial charge is 0.326 e. The fraction of sp³-hybridized carbons (Fsp3) is 0.348. The lowest BCUT2D eigenvalue weighted by Crippen LogP contribution is -2.42. The summed E-state index contributed by atoms with van der Waals surface area (Å²) >= 11 is 0. The molecule has 1 amide bonds. The van der Waals surface area contributed by atoms with E-state index in [9.17, 15) is 14.7 Å². The Morgan fingerprint density at radius 3 is 2.00 bits per heavy atom. The molecule has 0 radical (unpaired) electrons. The molecule has 0 aliphatic carbocycles. The van der Waals surface area contributed by atoms with Gasteiger partial charge in [0.15, 0.2) is 0 Å². The maximum Gasteiger partial charge on any atom is 0.326 e. The van der Waals surface area contributed by atoms with Gasteiger partial charge in [-0.25, -0.2) is 4.79 Å². The van der Waals surface area contributed by atoms with Crippen LogP contribution in [-0.2, 0) is 16.6 Å². The first-order chi connectivity index (χ1) is 13.7. The Balaban J connectivity index is 2.10. The number of carboxylic acids is 1. The Kier molecular flexibility index (Phi) is 7.15. The summed E-state index contributed by atoms with van der Waals surface area (Å²) in [5.41, 5.74) is 3.27. The van der Waals surface area contributed by atoms with Crippen molar-refractivity contribution in [3.8, 4) is 0 Å². The van der Waals surface area contributed by atoms with Crippen molar-refractivity contribution in [2.75, 3.05) is 14.1 Å². The summed E-state index contributed by atoms with van der Waals surface area (Å²) < 4.78 is 0. The molecule has 29 heavy (non-hydrogen) atoms. The predicted octanol–water partition coefficient (Wildman–Crippen LogP) is 3.01. The molecule has 0 spiro atoms. The third-order valence-corrected chi connectivity index (χ3v) is 4.74. The minimum atomic E-state index is -1.07. The highest BCUT2D eigenvalue weighted by atomic mass is 16.4. The summed E-state index contributed by atoms with van der Waals surface area (Å²) in [6.45, 7) is 6.29. The summed E-state index contributed by atoms with van der Waals surface area (Å²) in [6.07, 6.45) is 0.194. The van der Waals surface area contributed by atoms with Gasteiger partial charge in [0.25, 0.3) is 5.91 Å². The van der Waals surface area contributed by atoms with Crippen molar-refractivity contribution in [2.24, 2.45) is 4.99 Å².